The quantitative estimate of drug-likeness (QED) is 0.511. The van der Waals surface area contributed by atoms with Gasteiger partial charge in [0.15, 0.2) is 0 Å². The van der Waals surface area contributed by atoms with Crippen molar-refractivity contribution in [3.05, 3.63) is 0 Å². The summed E-state index contributed by atoms with van der Waals surface area (Å²) in [5.41, 5.74) is 5.77. The molecule has 0 amide bonds. The van der Waals surface area contributed by atoms with Crippen molar-refractivity contribution >= 4 is 17.1 Å². The van der Waals surface area contributed by atoms with Gasteiger partial charge < -0.3 is 5.73 Å². The fraction of sp³-hybridized carbons (Fsp3) is 0.857. The molecule has 0 aromatic rings. The maximum Gasteiger partial charge on any atom is 0.00761 e. The van der Waals surface area contributed by atoms with E-state index in [1.165, 1.54) is 17.7 Å². The van der Waals surface area contributed by atoms with Crippen LogP contribution in [0.3, 0.4) is 0 Å². The normalized spacial score (nSPS) is 48.6. The van der Waals surface area contributed by atoms with Gasteiger partial charge in [-0.05, 0) is 36.0 Å². The van der Waals surface area contributed by atoms with Crippen molar-refractivity contribution in [1.82, 2.24) is 0 Å². The van der Waals surface area contributed by atoms with Crippen molar-refractivity contribution in [2.45, 2.75) is 25.3 Å². The Morgan fingerprint density at radius 3 is 2.67 bits per heavy atom. The summed E-state index contributed by atoms with van der Waals surface area (Å²) in [5.74, 6) is 1.66. The second kappa shape index (κ2) is 1.77. The molecule has 3 unspecified atom stereocenters. The molecule has 0 heterocycles. The smallest absolute Gasteiger partial charge is 0.00761 e. The fourth-order valence-corrected chi connectivity index (χ4v) is 2.45. The Hall–Kier alpha value is 0.0500. The summed E-state index contributed by atoms with van der Waals surface area (Å²) in [6.07, 6.45) is 3.56. The first-order valence-corrected chi connectivity index (χ1v) is 3.95. The minimum atomic E-state index is 0.482. The van der Waals surface area contributed by atoms with Crippen LogP contribution in [0.1, 0.15) is 19.3 Å². The number of thiocarbonyl (C=S) groups is 1. The second-order valence-corrected chi connectivity index (χ2v) is 3.85. The lowest BCUT2D eigenvalue weighted by atomic mass is 9.72. The van der Waals surface area contributed by atoms with Crippen LogP contribution in [0.4, 0.5) is 0 Å². The van der Waals surface area contributed by atoms with Gasteiger partial charge >= 0.3 is 0 Å². The molecule has 0 aromatic heterocycles. The molecule has 2 heteroatoms. The molecule has 0 radical (unpaired) electrons. The maximum absolute atomic E-state index is 5.77. The number of rotatable bonds is 0. The van der Waals surface area contributed by atoms with E-state index in [2.05, 4.69) is 0 Å². The largest absolute Gasteiger partial charge is 0.327 e. The van der Waals surface area contributed by atoms with Crippen LogP contribution in [0.5, 0.6) is 0 Å². The summed E-state index contributed by atoms with van der Waals surface area (Å²) in [6, 6.07) is 0.482. The van der Waals surface area contributed by atoms with Crippen molar-refractivity contribution in [2.75, 3.05) is 0 Å². The van der Waals surface area contributed by atoms with Crippen molar-refractivity contribution in [3.8, 4) is 0 Å². The first-order valence-electron chi connectivity index (χ1n) is 3.54. The molecule has 9 heavy (non-hydrogen) atoms. The van der Waals surface area contributed by atoms with E-state index in [4.69, 9.17) is 18.0 Å². The van der Waals surface area contributed by atoms with Crippen LogP contribution in [0.15, 0.2) is 0 Å². The second-order valence-electron chi connectivity index (χ2n) is 3.27. The topological polar surface area (TPSA) is 26.0 Å². The Morgan fingerprint density at radius 2 is 2.22 bits per heavy atom. The van der Waals surface area contributed by atoms with E-state index in [1.807, 2.05) is 0 Å². The van der Waals surface area contributed by atoms with Crippen LogP contribution in [0.2, 0.25) is 0 Å². The van der Waals surface area contributed by atoms with E-state index in [0.29, 0.717) is 6.04 Å². The average molecular weight is 141 g/mol. The molecule has 2 aliphatic carbocycles. The van der Waals surface area contributed by atoms with Crippen LogP contribution in [0.25, 0.3) is 0 Å². The lowest BCUT2D eigenvalue weighted by molar-refractivity contribution is 0.173. The maximum atomic E-state index is 5.77. The van der Waals surface area contributed by atoms with E-state index in [1.54, 1.807) is 0 Å². The fourth-order valence-electron chi connectivity index (χ4n) is 2.04. The molecule has 2 saturated carbocycles. The van der Waals surface area contributed by atoms with Gasteiger partial charge in [0.2, 0.25) is 0 Å². The van der Waals surface area contributed by atoms with Gasteiger partial charge in [-0.3, -0.25) is 0 Å². The predicted octanol–water partition coefficient (Wildman–Crippen LogP) is 1.11. The van der Waals surface area contributed by atoms with E-state index in [-0.39, 0.29) is 0 Å². The molecule has 1 nitrogen and oxygen atoms in total. The summed E-state index contributed by atoms with van der Waals surface area (Å²) < 4.78 is 0. The van der Waals surface area contributed by atoms with Gasteiger partial charge in [-0.2, -0.15) is 0 Å². The summed E-state index contributed by atoms with van der Waals surface area (Å²) in [7, 11) is 0. The van der Waals surface area contributed by atoms with Crippen LogP contribution in [-0.4, -0.2) is 10.9 Å². The minimum absolute atomic E-state index is 0.482. The van der Waals surface area contributed by atoms with Gasteiger partial charge in [-0.1, -0.05) is 12.2 Å². The molecule has 0 aromatic carbocycles. The minimum Gasteiger partial charge on any atom is -0.327 e. The first kappa shape index (κ1) is 5.81. The lowest BCUT2D eigenvalue weighted by Crippen LogP contribution is -2.44. The lowest BCUT2D eigenvalue weighted by Gasteiger charge is -2.37. The molecule has 0 bridgehead atoms. The summed E-state index contributed by atoms with van der Waals surface area (Å²) in [4.78, 5) is 1.26. The number of hydrogen-bond acceptors (Lipinski definition) is 2. The van der Waals surface area contributed by atoms with Gasteiger partial charge in [-0.25, -0.2) is 0 Å². The van der Waals surface area contributed by atoms with Crippen LogP contribution >= 0.6 is 12.2 Å². The third-order valence-corrected chi connectivity index (χ3v) is 3.02. The standard InChI is InChI=1S/C7H11NS/c8-7-2-4-1-5(9)3-6(4)7/h4,6-7H,1-3,8H2. The average Bonchev–Trinajstić information content (AvgIpc) is 2.08. The van der Waals surface area contributed by atoms with Gasteiger partial charge in [0, 0.05) is 6.04 Å². The Labute approximate surface area is 60.6 Å². The zero-order chi connectivity index (χ0) is 6.43. The van der Waals surface area contributed by atoms with Crippen molar-refractivity contribution in [3.63, 3.8) is 0 Å². The summed E-state index contributed by atoms with van der Waals surface area (Å²) in [5, 5.41) is 0. The third kappa shape index (κ3) is 0.733. The van der Waals surface area contributed by atoms with Gasteiger partial charge in [0.05, 0.1) is 0 Å². The number of nitrogens with two attached hydrogens (primary N) is 1. The molecule has 0 saturated heterocycles. The molecule has 0 spiro atoms. The van der Waals surface area contributed by atoms with Crippen molar-refractivity contribution in [2.24, 2.45) is 17.6 Å². The van der Waals surface area contributed by atoms with Gasteiger partial charge in [0.1, 0.15) is 0 Å². The molecule has 2 fully saturated rings. The third-order valence-electron chi connectivity index (χ3n) is 2.68. The van der Waals surface area contributed by atoms with E-state index >= 15 is 0 Å². The van der Waals surface area contributed by atoms with Crippen LogP contribution in [0, 0.1) is 11.8 Å². The van der Waals surface area contributed by atoms with E-state index in [9.17, 15) is 0 Å². The zero-order valence-corrected chi connectivity index (χ0v) is 6.16. The van der Waals surface area contributed by atoms with Crippen LogP contribution < -0.4 is 5.73 Å². The number of hydrogen-bond donors (Lipinski definition) is 1. The predicted molar refractivity (Wildman–Crippen MR) is 41.4 cm³/mol. The molecule has 3 atom stereocenters. The highest BCUT2D eigenvalue weighted by molar-refractivity contribution is 7.80. The highest BCUT2D eigenvalue weighted by atomic mass is 32.1. The molecular formula is C7H11NS. The van der Waals surface area contributed by atoms with E-state index in [0.717, 1.165) is 18.3 Å². The molecule has 2 rings (SSSR count). The highest BCUT2D eigenvalue weighted by Gasteiger charge is 2.43. The Bertz CT molecular complexity index is 155. The van der Waals surface area contributed by atoms with E-state index < -0.39 is 0 Å². The molecule has 50 valence electrons. The van der Waals surface area contributed by atoms with Crippen molar-refractivity contribution in [1.29, 1.82) is 0 Å². The Morgan fingerprint density at radius 1 is 1.44 bits per heavy atom. The molecule has 2 N–H and O–H groups in total. The molecule has 0 aliphatic heterocycles. The summed E-state index contributed by atoms with van der Waals surface area (Å²) in [6.45, 7) is 0. The van der Waals surface area contributed by atoms with Gasteiger partial charge in [-0.15, -0.1) is 0 Å². The van der Waals surface area contributed by atoms with Gasteiger partial charge in [0.25, 0.3) is 0 Å². The molecular weight excluding hydrogens is 130 g/mol. The molecule has 2 aliphatic rings. The monoisotopic (exact) mass is 141 g/mol. The highest BCUT2D eigenvalue weighted by Crippen LogP contribution is 2.44. The van der Waals surface area contributed by atoms with Crippen molar-refractivity contribution < 1.29 is 0 Å². The zero-order valence-electron chi connectivity index (χ0n) is 5.34. The SMILES string of the molecule is NC1CC2CC(=S)CC12. The Balaban J connectivity index is 2.08. The first-order chi connectivity index (χ1) is 4.27. The van der Waals surface area contributed by atoms with Crippen LogP contribution in [-0.2, 0) is 0 Å². The number of fused-ring (bicyclic) bond motifs is 1. The summed E-state index contributed by atoms with van der Waals surface area (Å²) >= 11 is 5.11. The Kier molecular flexibility index (Phi) is 1.14.